The Bertz CT molecular complexity index is 576. The lowest BCUT2D eigenvalue weighted by molar-refractivity contribution is 0.327. The molecule has 2 rings (SSSR count). The van der Waals surface area contributed by atoms with Crippen LogP contribution >= 0.6 is 0 Å². The van der Waals surface area contributed by atoms with Crippen molar-refractivity contribution < 1.29 is 9.15 Å². The van der Waals surface area contributed by atoms with Gasteiger partial charge in [0.2, 0.25) is 0 Å². The molecular formula is C17H24N2O2. The fourth-order valence-electron chi connectivity index (χ4n) is 2.11. The van der Waals surface area contributed by atoms with Gasteiger partial charge in [-0.15, -0.1) is 0 Å². The van der Waals surface area contributed by atoms with Gasteiger partial charge in [0.05, 0.1) is 5.69 Å². The number of benzene rings is 1. The molecule has 114 valence electrons. The third-order valence-corrected chi connectivity index (χ3v) is 3.25. The Balaban J connectivity index is 2.09. The molecule has 0 aliphatic heterocycles. The third kappa shape index (κ3) is 4.33. The summed E-state index contributed by atoms with van der Waals surface area (Å²) in [5, 5.41) is 3.29. The first-order valence-corrected chi connectivity index (χ1v) is 7.53. The number of hydrogen-bond donors (Lipinski definition) is 1. The van der Waals surface area contributed by atoms with Crippen LogP contribution in [0.4, 0.5) is 0 Å². The summed E-state index contributed by atoms with van der Waals surface area (Å²) in [5.41, 5.74) is 3.17. The van der Waals surface area contributed by atoms with Gasteiger partial charge in [-0.25, -0.2) is 0 Å². The Kier molecular flexibility index (Phi) is 5.39. The van der Waals surface area contributed by atoms with E-state index in [0.29, 0.717) is 18.5 Å². The van der Waals surface area contributed by atoms with Crippen LogP contribution in [0, 0.1) is 6.92 Å². The molecule has 0 aliphatic rings. The van der Waals surface area contributed by atoms with E-state index in [4.69, 9.17) is 9.15 Å². The van der Waals surface area contributed by atoms with Crippen molar-refractivity contribution in [1.82, 2.24) is 10.3 Å². The normalized spacial score (nSPS) is 11.1. The van der Waals surface area contributed by atoms with Crippen LogP contribution in [0.1, 0.15) is 49.9 Å². The second-order valence-corrected chi connectivity index (χ2v) is 5.58. The van der Waals surface area contributed by atoms with Gasteiger partial charge < -0.3 is 14.5 Å². The van der Waals surface area contributed by atoms with Crippen molar-refractivity contribution in [2.75, 3.05) is 6.54 Å². The number of oxazole rings is 1. The van der Waals surface area contributed by atoms with Gasteiger partial charge in [-0.2, -0.15) is 4.98 Å². The summed E-state index contributed by atoms with van der Waals surface area (Å²) >= 11 is 0. The first kappa shape index (κ1) is 15.6. The van der Waals surface area contributed by atoms with Crippen molar-refractivity contribution in [3.63, 3.8) is 0 Å². The van der Waals surface area contributed by atoms with Gasteiger partial charge in [0.25, 0.3) is 0 Å². The molecule has 1 heterocycles. The third-order valence-electron chi connectivity index (χ3n) is 3.25. The number of rotatable bonds is 7. The topological polar surface area (TPSA) is 47.3 Å². The Morgan fingerprint density at radius 3 is 2.86 bits per heavy atom. The Hall–Kier alpha value is -1.81. The molecule has 1 N–H and O–H groups in total. The molecule has 1 aromatic heterocycles. The number of aryl methyl sites for hydroxylation is 1. The lowest BCUT2D eigenvalue weighted by Crippen LogP contribution is -2.13. The number of nitrogens with zero attached hydrogens (tertiary/aromatic N) is 1. The zero-order valence-electron chi connectivity index (χ0n) is 13.3. The minimum Gasteiger partial charge on any atom is -0.417 e. The quantitative estimate of drug-likeness (QED) is 0.767. The van der Waals surface area contributed by atoms with Crippen LogP contribution in [-0.2, 0) is 6.54 Å². The average molecular weight is 288 g/mol. The van der Waals surface area contributed by atoms with Gasteiger partial charge in [0.1, 0.15) is 12.0 Å². The molecule has 0 radical (unpaired) electrons. The molecule has 21 heavy (non-hydrogen) atoms. The molecule has 0 unspecified atom stereocenters. The minimum atomic E-state index is 0.302. The highest BCUT2D eigenvalue weighted by Crippen LogP contribution is 2.31. The van der Waals surface area contributed by atoms with Crippen LogP contribution in [0.15, 0.2) is 28.9 Å². The maximum atomic E-state index is 5.83. The van der Waals surface area contributed by atoms with Gasteiger partial charge in [-0.3, -0.25) is 0 Å². The first-order valence-electron chi connectivity index (χ1n) is 7.53. The Morgan fingerprint density at radius 1 is 1.33 bits per heavy atom. The van der Waals surface area contributed by atoms with Crippen molar-refractivity contribution in [2.24, 2.45) is 0 Å². The highest BCUT2D eigenvalue weighted by atomic mass is 16.6. The van der Waals surface area contributed by atoms with Crippen LogP contribution in [0.25, 0.3) is 0 Å². The molecule has 0 atom stereocenters. The second-order valence-electron chi connectivity index (χ2n) is 5.58. The summed E-state index contributed by atoms with van der Waals surface area (Å²) in [6, 6.07) is 6.22. The molecule has 2 aromatic rings. The van der Waals surface area contributed by atoms with Crippen molar-refractivity contribution >= 4 is 0 Å². The summed E-state index contributed by atoms with van der Waals surface area (Å²) in [5.74, 6) is 1.21. The van der Waals surface area contributed by atoms with E-state index < -0.39 is 0 Å². The van der Waals surface area contributed by atoms with E-state index >= 15 is 0 Å². The fraction of sp³-hybridized carbons (Fsp3) is 0.471. The molecule has 0 bridgehead atoms. The Morgan fingerprint density at radius 2 is 2.14 bits per heavy atom. The second kappa shape index (κ2) is 7.27. The first-order chi connectivity index (χ1) is 10.1. The van der Waals surface area contributed by atoms with Gasteiger partial charge in [0.15, 0.2) is 0 Å². The van der Waals surface area contributed by atoms with Gasteiger partial charge in [0, 0.05) is 6.54 Å². The molecule has 0 amide bonds. The standard InChI is InChI=1S/C17H24N2O2/c1-5-8-18-10-14-11-20-17(19-14)21-16-9-13(4)6-7-15(16)12(2)3/h6-7,9,11-12,18H,5,8,10H2,1-4H3. The number of aromatic nitrogens is 1. The van der Waals surface area contributed by atoms with E-state index in [2.05, 4.69) is 43.2 Å². The lowest BCUT2D eigenvalue weighted by atomic mass is 10.0. The van der Waals surface area contributed by atoms with Crippen LogP contribution < -0.4 is 10.1 Å². The molecule has 0 fully saturated rings. The van der Waals surface area contributed by atoms with E-state index in [-0.39, 0.29) is 0 Å². The van der Waals surface area contributed by atoms with E-state index in [1.807, 2.05) is 13.0 Å². The van der Waals surface area contributed by atoms with Gasteiger partial charge >= 0.3 is 6.08 Å². The van der Waals surface area contributed by atoms with Crippen LogP contribution in [-0.4, -0.2) is 11.5 Å². The van der Waals surface area contributed by atoms with Gasteiger partial charge in [-0.05, 0) is 43.0 Å². The molecule has 4 nitrogen and oxygen atoms in total. The number of hydrogen-bond acceptors (Lipinski definition) is 4. The molecule has 4 heteroatoms. The molecule has 0 saturated heterocycles. The van der Waals surface area contributed by atoms with Gasteiger partial charge in [-0.1, -0.05) is 32.9 Å². The monoisotopic (exact) mass is 288 g/mol. The van der Waals surface area contributed by atoms with E-state index in [1.54, 1.807) is 6.26 Å². The van der Waals surface area contributed by atoms with Crippen LogP contribution in [0.2, 0.25) is 0 Å². The minimum absolute atomic E-state index is 0.302. The highest BCUT2D eigenvalue weighted by Gasteiger charge is 2.12. The van der Waals surface area contributed by atoms with E-state index in [9.17, 15) is 0 Å². The SMILES string of the molecule is CCCNCc1coc(Oc2cc(C)ccc2C(C)C)n1. The molecule has 0 spiro atoms. The average Bonchev–Trinajstić information content (AvgIpc) is 2.86. The predicted molar refractivity (Wildman–Crippen MR) is 83.8 cm³/mol. The van der Waals surface area contributed by atoms with Crippen LogP contribution in [0.5, 0.6) is 11.8 Å². The summed E-state index contributed by atoms with van der Waals surface area (Å²) in [6.45, 7) is 10.1. The number of nitrogens with one attached hydrogen (secondary N) is 1. The smallest absolute Gasteiger partial charge is 0.399 e. The van der Waals surface area contributed by atoms with Crippen molar-refractivity contribution in [2.45, 2.75) is 46.6 Å². The Labute approximate surface area is 126 Å². The highest BCUT2D eigenvalue weighted by molar-refractivity contribution is 5.40. The van der Waals surface area contributed by atoms with Crippen LogP contribution in [0.3, 0.4) is 0 Å². The molecule has 0 saturated carbocycles. The summed E-state index contributed by atoms with van der Waals surface area (Å²) < 4.78 is 11.2. The fourth-order valence-corrected chi connectivity index (χ4v) is 2.11. The zero-order valence-corrected chi connectivity index (χ0v) is 13.3. The zero-order chi connectivity index (χ0) is 15.2. The lowest BCUT2D eigenvalue weighted by Gasteiger charge is -2.12. The molecule has 1 aromatic carbocycles. The molecule has 0 aliphatic carbocycles. The van der Waals surface area contributed by atoms with Crippen molar-refractivity contribution in [3.8, 4) is 11.8 Å². The largest absolute Gasteiger partial charge is 0.417 e. The van der Waals surface area contributed by atoms with E-state index in [1.165, 1.54) is 0 Å². The molecular weight excluding hydrogens is 264 g/mol. The van der Waals surface area contributed by atoms with E-state index in [0.717, 1.165) is 35.5 Å². The number of ether oxygens (including phenoxy) is 1. The predicted octanol–water partition coefficient (Wildman–Crippen LogP) is 4.40. The van der Waals surface area contributed by atoms with Crippen molar-refractivity contribution in [1.29, 1.82) is 0 Å². The van der Waals surface area contributed by atoms with Crippen molar-refractivity contribution in [3.05, 3.63) is 41.3 Å². The maximum Gasteiger partial charge on any atom is 0.399 e. The summed E-state index contributed by atoms with van der Waals surface area (Å²) in [4.78, 5) is 4.36. The summed E-state index contributed by atoms with van der Waals surface area (Å²) in [6.07, 6.45) is 3.04. The maximum absolute atomic E-state index is 5.83. The summed E-state index contributed by atoms with van der Waals surface area (Å²) in [7, 11) is 0.